The van der Waals surface area contributed by atoms with E-state index in [0.29, 0.717) is 16.3 Å². The molecule has 0 fully saturated rings. The highest BCUT2D eigenvalue weighted by Gasteiger charge is 2.14. The fraction of sp³-hybridized carbons (Fsp3) is 0.143. The van der Waals surface area contributed by atoms with Crippen molar-refractivity contribution in [1.29, 1.82) is 0 Å². The molecule has 0 radical (unpaired) electrons. The third-order valence-electron chi connectivity index (χ3n) is 2.84. The summed E-state index contributed by atoms with van der Waals surface area (Å²) in [4.78, 5) is -0.00599. The van der Waals surface area contributed by atoms with Crippen LogP contribution in [0.1, 0.15) is 5.56 Å². The van der Waals surface area contributed by atoms with Crippen molar-refractivity contribution in [3.05, 3.63) is 58.9 Å². The summed E-state index contributed by atoms with van der Waals surface area (Å²) in [6.07, 6.45) is 0. The molecule has 2 rings (SSSR count). The van der Waals surface area contributed by atoms with E-state index in [1.807, 2.05) is 0 Å². The Bertz CT molecular complexity index is 732. The second-order valence-electron chi connectivity index (χ2n) is 4.24. The Hall–Kier alpha value is -1.63. The average molecular weight is 330 g/mol. The predicted molar refractivity (Wildman–Crippen MR) is 78.4 cm³/mol. The third kappa shape index (κ3) is 3.93. The number of ether oxygens (including phenoxy) is 1. The molecule has 0 aliphatic rings. The summed E-state index contributed by atoms with van der Waals surface area (Å²) >= 11 is 6.04. The first-order chi connectivity index (χ1) is 9.92. The van der Waals surface area contributed by atoms with Crippen LogP contribution >= 0.6 is 11.6 Å². The minimum Gasteiger partial charge on any atom is -0.497 e. The summed E-state index contributed by atoms with van der Waals surface area (Å²) in [6, 6.07) is 9.55. The molecule has 112 valence electrons. The third-order valence-corrected chi connectivity index (χ3v) is 4.61. The van der Waals surface area contributed by atoms with Gasteiger partial charge in [0.15, 0.2) is 0 Å². The minimum atomic E-state index is -3.71. The number of rotatable bonds is 5. The summed E-state index contributed by atoms with van der Waals surface area (Å²) in [5.74, 6) is 0.0947. The molecule has 0 atom stereocenters. The lowest BCUT2D eigenvalue weighted by atomic mass is 10.2. The highest BCUT2D eigenvalue weighted by Crippen LogP contribution is 2.22. The predicted octanol–water partition coefficient (Wildman–Crippen LogP) is 2.97. The van der Waals surface area contributed by atoms with Gasteiger partial charge in [0.2, 0.25) is 10.0 Å². The quantitative estimate of drug-likeness (QED) is 0.917. The monoisotopic (exact) mass is 329 g/mol. The second kappa shape index (κ2) is 6.43. The first kappa shape index (κ1) is 15.8. The normalized spacial score (nSPS) is 11.4. The molecule has 2 aromatic carbocycles. The van der Waals surface area contributed by atoms with Gasteiger partial charge in [0.25, 0.3) is 0 Å². The van der Waals surface area contributed by atoms with Crippen LogP contribution in [0.4, 0.5) is 4.39 Å². The van der Waals surface area contributed by atoms with Crippen LogP contribution in [0.15, 0.2) is 47.4 Å². The van der Waals surface area contributed by atoms with E-state index in [0.717, 1.165) is 12.1 Å². The van der Waals surface area contributed by atoms with E-state index in [-0.39, 0.29) is 11.4 Å². The molecule has 2 aromatic rings. The molecule has 0 bridgehead atoms. The number of nitrogens with one attached hydrogen (secondary N) is 1. The Morgan fingerprint density at radius 3 is 2.43 bits per heavy atom. The van der Waals surface area contributed by atoms with Crippen molar-refractivity contribution in [3.8, 4) is 5.75 Å². The van der Waals surface area contributed by atoms with Gasteiger partial charge in [0.1, 0.15) is 11.6 Å². The molecule has 0 heterocycles. The van der Waals surface area contributed by atoms with E-state index in [2.05, 4.69) is 4.72 Å². The van der Waals surface area contributed by atoms with Gasteiger partial charge in [-0.25, -0.2) is 17.5 Å². The van der Waals surface area contributed by atoms with Gasteiger partial charge in [-0.05, 0) is 42.0 Å². The minimum absolute atomic E-state index is 0.00599. The van der Waals surface area contributed by atoms with Crippen molar-refractivity contribution in [2.24, 2.45) is 0 Å². The van der Waals surface area contributed by atoms with Crippen LogP contribution < -0.4 is 9.46 Å². The SMILES string of the molecule is COc1ccc(CNS(=O)(=O)c2ccc(F)cc2)c(Cl)c1. The van der Waals surface area contributed by atoms with Crippen LogP contribution in [-0.4, -0.2) is 15.5 Å². The second-order valence-corrected chi connectivity index (χ2v) is 6.41. The molecule has 0 saturated heterocycles. The van der Waals surface area contributed by atoms with Gasteiger partial charge in [-0.15, -0.1) is 0 Å². The Balaban J connectivity index is 2.13. The molecule has 0 aromatic heterocycles. The average Bonchev–Trinajstić information content (AvgIpc) is 2.46. The number of hydrogen-bond acceptors (Lipinski definition) is 3. The fourth-order valence-electron chi connectivity index (χ4n) is 1.67. The number of halogens is 2. The van der Waals surface area contributed by atoms with Crippen LogP contribution in [0, 0.1) is 5.82 Å². The van der Waals surface area contributed by atoms with Crippen molar-refractivity contribution < 1.29 is 17.5 Å². The zero-order valence-corrected chi connectivity index (χ0v) is 12.7. The first-order valence-corrected chi connectivity index (χ1v) is 7.86. The van der Waals surface area contributed by atoms with Crippen LogP contribution in [0.2, 0.25) is 5.02 Å². The van der Waals surface area contributed by atoms with Gasteiger partial charge in [0.05, 0.1) is 12.0 Å². The summed E-state index contributed by atoms with van der Waals surface area (Å²) in [7, 11) is -2.20. The summed E-state index contributed by atoms with van der Waals surface area (Å²) in [6.45, 7) is 0.0303. The molecule has 4 nitrogen and oxygen atoms in total. The maximum Gasteiger partial charge on any atom is 0.240 e. The van der Waals surface area contributed by atoms with E-state index in [1.165, 1.54) is 19.2 Å². The van der Waals surface area contributed by atoms with Crippen LogP contribution in [0.25, 0.3) is 0 Å². The lowest BCUT2D eigenvalue weighted by Gasteiger charge is -2.09. The van der Waals surface area contributed by atoms with Gasteiger partial charge in [-0.2, -0.15) is 0 Å². The van der Waals surface area contributed by atoms with Crippen molar-refractivity contribution >= 4 is 21.6 Å². The zero-order chi connectivity index (χ0) is 15.5. The molecule has 21 heavy (non-hydrogen) atoms. The first-order valence-electron chi connectivity index (χ1n) is 6.00. The summed E-state index contributed by atoms with van der Waals surface area (Å²) < 4.78 is 44.3. The Labute approximate surface area is 127 Å². The Morgan fingerprint density at radius 2 is 1.86 bits per heavy atom. The van der Waals surface area contributed by atoms with E-state index in [1.54, 1.807) is 18.2 Å². The molecule has 0 aliphatic heterocycles. The Kier molecular flexibility index (Phi) is 4.82. The summed E-state index contributed by atoms with van der Waals surface area (Å²) in [5, 5.41) is 0.399. The van der Waals surface area contributed by atoms with Gasteiger partial charge >= 0.3 is 0 Å². The zero-order valence-electron chi connectivity index (χ0n) is 11.1. The molecule has 1 N–H and O–H groups in total. The maximum atomic E-state index is 12.8. The Morgan fingerprint density at radius 1 is 1.19 bits per heavy atom. The smallest absolute Gasteiger partial charge is 0.240 e. The van der Waals surface area contributed by atoms with Crippen LogP contribution in [0.5, 0.6) is 5.75 Å². The standard InChI is InChI=1S/C14H13ClFNO3S/c1-20-12-5-2-10(14(15)8-12)9-17-21(18,19)13-6-3-11(16)4-7-13/h2-8,17H,9H2,1H3. The van der Waals surface area contributed by atoms with E-state index in [9.17, 15) is 12.8 Å². The van der Waals surface area contributed by atoms with Crippen LogP contribution in [0.3, 0.4) is 0 Å². The molecular formula is C14H13ClFNO3S. The molecule has 7 heteroatoms. The number of benzene rings is 2. The van der Waals surface area contributed by atoms with Crippen LogP contribution in [-0.2, 0) is 16.6 Å². The maximum absolute atomic E-state index is 12.8. The lowest BCUT2D eigenvalue weighted by Crippen LogP contribution is -2.23. The van der Waals surface area contributed by atoms with Crippen molar-refractivity contribution in [1.82, 2.24) is 4.72 Å². The number of hydrogen-bond donors (Lipinski definition) is 1. The van der Waals surface area contributed by atoms with Crippen molar-refractivity contribution in [2.75, 3.05) is 7.11 Å². The lowest BCUT2D eigenvalue weighted by molar-refractivity contribution is 0.414. The van der Waals surface area contributed by atoms with Gasteiger partial charge in [0, 0.05) is 11.6 Å². The van der Waals surface area contributed by atoms with Crippen molar-refractivity contribution in [3.63, 3.8) is 0 Å². The van der Waals surface area contributed by atoms with E-state index in [4.69, 9.17) is 16.3 Å². The highest BCUT2D eigenvalue weighted by molar-refractivity contribution is 7.89. The van der Waals surface area contributed by atoms with Gasteiger partial charge in [-0.3, -0.25) is 0 Å². The van der Waals surface area contributed by atoms with Crippen molar-refractivity contribution in [2.45, 2.75) is 11.4 Å². The van der Waals surface area contributed by atoms with Gasteiger partial charge in [-0.1, -0.05) is 17.7 Å². The van der Waals surface area contributed by atoms with Gasteiger partial charge < -0.3 is 4.74 Å². The van der Waals surface area contributed by atoms with E-state index >= 15 is 0 Å². The summed E-state index contributed by atoms with van der Waals surface area (Å²) in [5.41, 5.74) is 0.614. The molecule has 0 aliphatic carbocycles. The molecule has 0 spiro atoms. The largest absolute Gasteiger partial charge is 0.497 e. The number of methoxy groups -OCH3 is 1. The number of sulfonamides is 1. The molecule has 0 unspecified atom stereocenters. The topological polar surface area (TPSA) is 55.4 Å². The fourth-order valence-corrected chi connectivity index (χ4v) is 2.91. The van der Waals surface area contributed by atoms with E-state index < -0.39 is 15.8 Å². The molecular weight excluding hydrogens is 317 g/mol. The highest BCUT2D eigenvalue weighted by atomic mass is 35.5. The molecule has 0 saturated carbocycles. The molecule has 0 amide bonds.